The Balaban J connectivity index is 0.00000112. The van der Waals surface area contributed by atoms with Crippen molar-refractivity contribution in [1.29, 1.82) is 0 Å². The minimum Gasteiger partial charge on any atom is -0.366 e. The molecule has 0 saturated carbocycles. The van der Waals surface area contributed by atoms with E-state index in [-0.39, 0.29) is 12.4 Å². The van der Waals surface area contributed by atoms with E-state index in [2.05, 4.69) is 10.2 Å². The highest BCUT2D eigenvalue weighted by Crippen LogP contribution is 2.16. The van der Waals surface area contributed by atoms with Gasteiger partial charge in [-0.05, 0) is 18.2 Å². The largest absolute Gasteiger partial charge is 0.366 e. The maximum absolute atomic E-state index is 10.8. The summed E-state index contributed by atoms with van der Waals surface area (Å²) in [7, 11) is 0. The predicted octanol–water partition coefficient (Wildman–Crippen LogP) is 1.60. The topological polar surface area (TPSA) is 71.8 Å². The Morgan fingerprint density at radius 1 is 1.20 bits per heavy atom. The average Bonchev–Trinajstić information content (AvgIpc) is 2.71. The Bertz CT molecular complexity index is 436. The lowest BCUT2D eigenvalue weighted by atomic mass is 10.1. The molecule has 78 valence electrons. The number of nitrogens with zero attached hydrogens (tertiary/aromatic N) is 1. The number of nitrogens with two attached hydrogens (primary N) is 1. The van der Waals surface area contributed by atoms with Gasteiger partial charge in [0, 0.05) is 17.3 Å². The molecule has 0 aliphatic carbocycles. The summed E-state index contributed by atoms with van der Waals surface area (Å²) < 4.78 is 0. The van der Waals surface area contributed by atoms with Gasteiger partial charge in [0.15, 0.2) is 0 Å². The molecule has 0 spiro atoms. The SMILES string of the molecule is Cl.NC(=O)c1ccc(-c2cc[nH]n2)cc1. The molecule has 0 atom stereocenters. The second-order valence-corrected chi connectivity index (χ2v) is 2.90. The van der Waals surface area contributed by atoms with Crippen LogP contribution in [0.2, 0.25) is 0 Å². The zero-order chi connectivity index (χ0) is 9.97. The van der Waals surface area contributed by atoms with E-state index in [1.54, 1.807) is 18.3 Å². The Hall–Kier alpha value is -1.81. The molecule has 1 aromatic heterocycles. The van der Waals surface area contributed by atoms with Crippen LogP contribution in [-0.2, 0) is 0 Å². The maximum atomic E-state index is 10.8. The van der Waals surface area contributed by atoms with Crippen LogP contribution in [0.4, 0.5) is 0 Å². The number of primary amides is 1. The first-order chi connectivity index (χ1) is 6.77. The van der Waals surface area contributed by atoms with Crippen molar-refractivity contribution < 1.29 is 4.79 Å². The summed E-state index contributed by atoms with van der Waals surface area (Å²) in [5.41, 5.74) is 7.43. The second kappa shape index (κ2) is 4.61. The first kappa shape index (κ1) is 11.3. The van der Waals surface area contributed by atoms with Crippen LogP contribution in [0, 0.1) is 0 Å². The summed E-state index contributed by atoms with van der Waals surface area (Å²) in [4.78, 5) is 10.8. The van der Waals surface area contributed by atoms with Crippen LogP contribution in [0.15, 0.2) is 36.5 Å². The molecular weight excluding hydrogens is 214 g/mol. The lowest BCUT2D eigenvalue weighted by Gasteiger charge is -1.97. The lowest BCUT2D eigenvalue weighted by molar-refractivity contribution is 0.100. The summed E-state index contributed by atoms with van der Waals surface area (Å²) in [5, 5.41) is 6.74. The van der Waals surface area contributed by atoms with E-state index in [9.17, 15) is 4.79 Å². The summed E-state index contributed by atoms with van der Waals surface area (Å²) >= 11 is 0. The number of hydrogen-bond donors (Lipinski definition) is 2. The highest BCUT2D eigenvalue weighted by Gasteiger charge is 2.02. The van der Waals surface area contributed by atoms with Gasteiger partial charge in [0.1, 0.15) is 0 Å². The van der Waals surface area contributed by atoms with E-state index in [0.717, 1.165) is 11.3 Å². The molecule has 0 fully saturated rings. The second-order valence-electron chi connectivity index (χ2n) is 2.90. The quantitative estimate of drug-likeness (QED) is 0.812. The number of aromatic nitrogens is 2. The van der Waals surface area contributed by atoms with Gasteiger partial charge in [-0.15, -0.1) is 12.4 Å². The van der Waals surface area contributed by atoms with E-state index in [1.165, 1.54) is 0 Å². The third-order valence-corrected chi connectivity index (χ3v) is 1.97. The number of nitrogens with one attached hydrogen (secondary N) is 1. The number of rotatable bonds is 2. The van der Waals surface area contributed by atoms with Gasteiger partial charge in [0.2, 0.25) is 5.91 Å². The number of halogens is 1. The van der Waals surface area contributed by atoms with Crippen molar-refractivity contribution in [2.45, 2.75) is 0 Å². The molecule has 4 nitrogen and oxygen atoms in total. The number of aromatic amines is 1. The van der Waals surface area contributed by atoms with Crippen molar-refractivity contribution >= 4 is 18.3 Å². The standard InChI is InChI=1S/C10H9N3O.ClH/c11-10(14)8-3-1-7(2-4-8)9-5-6-12-13-9;/h1-6H,(H2,11,14)(H,12,13);1H. The summed E-state index contributed by atoms with van der Waals surface area (Å²) in [6, 6.07) is 8.87. The van der Waals surface area contributed by atoms with Gasteiger partial charge in [-0.1, -0.05) is 12.1 Å². The molecule has 0 bridgehead atoms. The van der Waals surface area contributed by atoms with Gasteiger partial charge in [-0.25, -0.2) is 0 Å². The monoisotopic (exact) mass is 223 g/mol. The number of carbonyl (C=O) groups excluding carboxylic acids is 1. The zero-order valence-electron chi connectivity index (χ0n) is 7.81. The van der Waals surface area contributed by atoms with Crippen LogP contribution in [0.5, 0.6) is 0 Å². The molecule has 2 rings (SSSR count). The Labute approximate surface area is 92.9 Å². The molecule has 0 radical (unpaired) electrons. The van der Waals surface area contributed by atoms with Crippen molar-refractivity contribution in [3.05, 3.63) is 42.1 Å². The van der Waals surface area contributed by atoms with Crippen LogP contribution >= 0.6 is 12.4 Å². The van der Waals surface area contributed by atoms with Crippen LogP contribution < -0.4 is 5.73 Å². The van der Waals surface area contributed by atoms with Crippen molar-refractivity contribution in [1.82, 2.24) is 10.2 Å². The molecule has 3 N–H and O–H groups in total. The molecule has 0 unspecified atom stereocenters. The number of hydrogen-bond acceptors (Lipinski definition) is 2. The summed E-state index contributed by atoms with van der Waals surface area (Å²) in [6.07, 6.45) is 1.75. The number of carbonyl (C=O) groups is 1. The summed E-state index contributed by atoms with van der Waals surface area (Å²) in [6.45, 7) is 0. The van der Waals surface area contributed by atoms with Gasteiger partial charge >= 0.3 is 0 Å². The van der Waals surface area contributed by atoms with Gasteiger partial charge in [-0.3, -0.25) is 9.89 Å². The Morgan fingerprint density at radius 3 is 2.33 bits per heavy atom. The minimum atomic E-state index is -0.418. The minimum absolute atomic E-state index is 0. The first-order valence-corrected chi connectivity index (χ1v) is 4.17. The molecule has 1 heterocycles. The number of H-pyrrole nitrogens is 1. The molecule has 2 aromatic rings. The van der Waals surface area contributed by atoms with Gasteiger partial charge in [-0.2, -0.15) is 5.10 Å². The fraction of sp³-hybridized carbons (Fsp3) is 0. The third kappa shape index (κ3) is 2.35. The molecular formula is C10H10ClN3O. The fourth-order valence-electron chi connectivity index (χ4n) is 1.23. The summed E-state index contributed by atoms with van der Waals surface area (Å²) in [5.74, 6) is -0.418. The van der Waals surface area contributed by atoms with E-state index in [4.69, 9.17) is 5.73 Å². The van der Waals surface area contributed by atoms with E-state index >= 15 is 0 Å². The highest BCUT2D eigenvalue weighted by molar-refractivity contribution is 5.93. The van der Waals surface area contributed by atoms with Crippen molar-refractivity contribution in [3.8, 4) is 11.3 Å². The molecule has 0 aliphatic heterocycles. The first-order valence-electron chi connectivity index (χ1n) is 4.17. The Morgan fingerprint density at radius 2 is 1.87 bits per heavy atom. The van der Waals surface area contributed by atoms with Crippen molar-refractivity contribution in [2.75, 3.05) is 0 Å². The highest BCUT2D eigenvalue weighted by atomic mass is 35.5. The van der Waals surface area contributed by atoms with E-state index < -0.39 is 5.91 Å². The number of amides is 1. The van der Waals surface area contributed by atoms with Gasteiger partial charge in [0.05, 0.1) is 5.69 Å². The predicted molar refractivity (Wildman–Crippen MR) is 59.8 cm³/mol. The normalized spacial score (nSPS) is 9.33. The van der Waals surface area contributed by atoms with Gasteiger partial charge < -0.3 is 5.73 Å². The maximum Gasteiger partial charge on any atom is 0.248 e. The number of benzene rings is 1. The van der Waals surface area contributed by atoms with E-state index in [1.807, 2.05) is 18.2 Å². The van der Waals surface area contributed by atoms with Crippen molar-refractivity contribution in [2.24, 2.45) is 5.73 Å². The van der Waals surface area contributed by atoms with Crippen LogP contribution in [-0.4, -0.2) is 16.1 Å². The van der Waals surface area contributed by atoms with E-state index in [0.29, 0.717) is 5.56 Å². The van der Waals surface area contributed by atoms with Crippen molar-refractivity contribution in [3.63, 3.8) is 0 Å². The van der Waals surface area contributed by atoms with Crippen LogP contribution in [0.1, 0.15) is 10.4 Å². The smallest absolute Gasteiger partial charge is 0.248 e. The fourth-order valence-corrected chi connectivity index (χ4v) is 1.23. The lowest BCUT2D eigenvalue weighted by Crippen LogP contribution is -2.10. The van der Waals surface area contributed by atoms with Gasteiger partial charge in [0.25, 0.3) is 0 Å². The van der Waals surface area contributed by atoms with Crippen LogP contribution in [0.3, 0.4) is 0 Å². The molecule has 1 aromatic carbocycles. The molecule has 5 heteroatoms. The zero-order valence-corrected chi connectivity index (χ0v) is 8.62. The molecule has 0 aliphatic rings. The molecule has 0 saturated heterocycles. The third-order valence-electron chi connectivity index (χ3n) is 1.97. The Kier molecular flexibility index (Phi) is 3.46. The van der Waals surface area contributed by atoms with Crippen LogP contribution in [0.25, 0.3) is 11.3 Å². The average molecular weight is 224 g/mol. The molecule has 1 amide bonds. The molecule has 15 heavy (non-hydrogen) atoms.